The van der Waals surface area contributed by atoms with Gasteiger partial charge < -0.3 is 4.52 Å². The Labute approximate surface area is 76.6 Å². The summed E-state index contributed by atoms with van der Waals surface area (Å²) in [6, 6.07) is 0. The standard InChI is InChI=1S/C8H19N2OP/c1-8(2)6-9(3)12(11-5)10(4)7-8/h6-7H2,1-5H3. The van der Waals surface area contributed by atoms with Gasteiger partial charge in [-0.25, -0.2) is 9.34 Å². The fraction of sp³-hybridized carbons (Fsp3) is 1.00. The van der Waals surface area contributed by atoms with Gasteiger partial charge in [-0.3, -0.25) is 0 Å². The quantitative estimate of drug-likeness (QED) is 0.586. The zero-order valence-corrected chi connectivity index (χ0v) is 9.56. The van der Waals surface area contributed by atoms with E-state index in [1.54, 1.807) is 7.11 Å². The molecule has 0 spiro atoms. The normalized spacial score (nSPS) is 27.8. The maximum absolute atomic E-state index is 5.43. The molecule has 1 heterocycles. The van der Waals surface area contributed by atoms with Gasteiger partial charge in [0.2, 0.25) is 0 Å². The second-order valence-electron chi connectivity index (χ2n) is 4.23. The molecule has 1 aliphatic rings. The van der Waals surface area contributed by atoms with Gasteiger partial charge in [-0.15, -0.1) is 0 Å². The highest BCUT2D eigenvalue weighted by Gasteiger charge is 2.35. The van der Waals surface area contributed by atoms with Crippen LogP contribution in [0.25, 0.3) is 0 Å². The first kappa shape index (κ1) is 10.4. The zero-order chi connectivity index (χ0) is 9.35. The molecule has 1 saturated heterocycles. The fourth-order valence-electron chi connectivity index (χ4n) is 1.95. The van der Waals surface area contributed by atoms with E-state index in [0.717, 1.165) is 13.1 Å². The van der Waals surface area contributed by atoms with Crippen molar-refractivity contribution in [3.8, 4) is 0 Å². The van der Waals surface area contributed by atoms with Gasteiger partial charge >= 0.3 is 0 Å². The molecule has 0 saturated carbocycles. The molecule has 0 amide bonds. The van der Waals surface area contributed by atoms with Crippen molar-refractivity contribution in [3.05, 3.63) is 0 Å². The van der Waals surface area contributed by atoms with Crippen molar-refractivity contribution >= 4 is 8.45 Å². The smallest absolute Gasteiger partial charge is 0.187 e. The number of nitrogens with zero attached hydrogens (tertiary/aromatic N) is 2. The maximum atomic E-state index is 5.43. The Morgan fingerprint density at radius 3 is 1.92 bits per heavy atom. The fourth-order valence-corrected chi connectivity index (χ4v) is 4.04. The summed E-state index contributed by atoms with van der Waals surface area (Å²) in [4.78, 5) is 0. The van der Waals surface area contributed by atoms with Crippen molar-refractivity contribution in [2.75, 3.05) is 34.3 Å². The third-order valence-electron chi connectivity index (χ3n) is 2.06. The Hall–Kier alpha value is 0.310. The third kappa shape index (κ3) is 2.17. The van der Waals surface area contributed by atoms with Crippen molar-refractivity contribution in [3.63, 3.8) is 0 Å². The van der Waals surface area contributed by atoms with Gasteiger partial charge in [-0.05, 0) is 19.5 Å². The predicted octanol–water partition coefficient (Wildman–Crippen LogP) is 1.76. The van der Waals surface area contributed by atoms with Crippen LogP contribution in [0.4, 0.5) is 0 Å². The van der Waals surface area contributed by atoms with Crippen LogP contribution >= 0.6 is 8.45 Å². The highest BCUT2D eigenvalue weighted by molar-refractivity contribution is 7.47. The summed E-state index contributed by atoms with van der Waals surface area (Å²) in [5.74, 6) is 0. The monoisotopic (exact) mass is 190 g/mol. The molecule has 0 radical (unpaired) electrons. The van der Waals surface area contributed by atoms with Gasteiger partial charge in [0.05, 0.1) is 0 Å². The van der Waals surface area contributed by atoms with E-state index >= 15 is 0 Å². The molecule has 0 aromatic heterocycles. The van der Waals surface area contributed by atoms with Crippen LogP contribution < -0.4 is 0 Å². The minimum absolute atomic E-state index is 0.390. The molecule has 0 unspecified atom stereocenters. The van der Waals surface area contributed by atoms with Gasteiger partial charge in [0.25, 0.3) is 0 Å². The molecule has 0 N–H and O–H groups in total. The zero-order valence-electron chi connectivity index (χ0n) is 8.66. The first-order chi connectivity index (χ1) is 5.46. The summed E-state index contributed by atoms with van der Waals surface area (Å²) < 4.78 is 10.0. The van der Waals surface area contributed by atoms with Gasteiger partial charge in [0, 0.05) is 20.2 Å². The molecule has 4 heteroatoms. The van der Waals surface area contributed by atoms with Crippen molar-refractivity contribution < 1.29 is 4.52 Å². The average molecular weight is 190 g/mol. The predicted molar refractivity (Wildman–Crippen MR) is 53.0 cm³/mol. The summed E-state index contributed by atoms with van der Waals surface area (Å²) in [7, 11) is 5.57. The molecule has 0 bridgehead atoms. The van der Waals surface area contributed by atoms with Crippen LogP contribution in [0.1, 0.15) is 13.8 Å². The Balaban J connectivity index is 2.63. The Morgan fingerprint density at radius 2 is 1.58 bits per heavy atom. The van der Waals surface area contributed by atoms with Crippen LogP contribution in [-0.2, 0) is 4.52 Å². The van der Waals surface area contributed by atoms with Crippen LogP contribution in [-0.4, -0.2) is 43.6 Å². The summed E-state index contributed by atoms with van der Waals surface area (Å²) in [5, 5.41) is 0. The summed E-state index contributed by atoms with van der Waals surface area (Å²) in [6.07, 6.45) is 0. The Kier molecular flexibility index (Phi) is 3.11. The highest BCUT2D eigenvalue weighted by Crippen LogP contribution is 2.48. The molecular formula is C8H19N2OP. The van der Waals surface area contributed by atoms with Crippen molar-refractivity contribution in [1.29, 1.82) is 0 Å². The molecule has 0 aromatic carbocycles. The van der Waals surface area contributed by atoms with Crippen molar-refractivity contribution in [2.45, 2.75) is 13.8 Å². The molecule has 3 nitrogen and oxygen atoms in total. The lowest BCUT2D eigenvalue weighted by molar-refractivity contribution is 0.174. The first-order valence-corrected chi connectivity index (χ1v) is 5.39. The maximum Gasteiger partial charge on any atom is 0.187 e. The Bertz CT molecular complexity index is 149. The molecule has 12 heavy (non-hydrogen) atoms. The highest BCUT2D eigenvalue weighted by atomic mass is 31.2. The van der Waals surface area contributed by atoms with Gasteiger partial charge in [0.15, 0.2) is 8.45 Å². The molecule has 1 aliphatic heterocycles. The second-order valence-corrected chi connectivity index (χ2v) is 6.47. The summed E-state index contributed by atoms with van der Waals surface area (Å²) in [6.45, 7) is 6.83. The van der Waals surface area contributed by atoms with E-state index in [1.165, 1.54) is 0 Å². The van der Waals surface area contributed by atoms with Crippen LogP contribution in [0, 0.1) is 5.41 Å². The van der Waals surface area contributed by atoms with Crippen LogP contribution in [0.3, 0.4) is 0 Å². The first-order valence-electron chi connectivity index (χ1n) is 4.22. The molecule has 72 valence electrons. The van der Waals surface area contributed by atoms with Crippen molar-refractivity contribution in [2.24, 2.45) is 5.41 Å². The van der Waals surface area contributed by atoms with Gasteiger partial charge in [-0.2, -0.15) is 0 Å². The Morgan fingerprint density at radius 1 is 1.17 bits per heavy atom. The van der Waals surface area contributed by atoms with E-state index < -0.39 is 8.45 Å². The largest absolute Gasteiger partial charge is 0.335 e. The van der Waals surface area contributed by atoms with E-state index in [4.69, 9.17) is 4.52 Å². The summed E-state index contributed by atoms with van der Waals surface area (Å²) in [5.41, 5.74) is 0.390. The van der Waals surface area contributed by atoms with Crippen molar-refractivity contribution in [1.82, 2.24) is 9.34 Å². The van der Waals surface area contributed by atoms with E-state index in [0.29, 0.717) is 5.41 Å². The van der Waals surface area contributed by atoms with E-state index in [1.807, 2.05) is 0 Å². The average Bonchev–Trinajstić information content (AvgIpc) is 1.82. The topological polar surface area (TPSA) is 15.7 Å². The van der Waals surface area contributed by atoms with Gasteiger partial charge in [0.1, 0.15) is 0 Å². The lowest BCUT2D eigenvalue weighted by atomic mass is 9.93. The molecule has 0 aliphatic carbocycles. The van der Waals surface area contributed by atoms with Crippen LogP contribution in [0.5, 0.6) is 0 Å². The number of rotatable bonds is 1. The van der Waals surface area contributed by atoms with E-state index in [2.05, 4.69) is 37.3 Å². The minimum atomic E-state index is -0.484. The molecule has 1 fully saturated rings. The van der Waals surface area contributed by atoms with Crippen LogP contribution in [0.2, 0.25) is 0 Å². The lowest BCUT2D eigenvalue weighted by Gasteiger charge is -2.45. The molecule has 0 atom stereocenters. The molecule has 1 rings (SSSR count). The van der Waals surface area contributed by atoms with Gasteiger partial charge in [-0.1, -0.05) is 13.8 Å². The second kappa shape index (κ2) is 3.59. The molecular weight excluding hydrogens is 171 g/mol. The SMILES string of the molecule is COP1N(C)CC(C)(C)CN1C. The van der Waals surface area contributed by atoms with E-state index in [-0.39, 0.29) is 0 Å². The number of hydrogen-bond acceptors (Lipinski definition) is 3. The lowest BCUT2D eigenvalue weighted by Crippen LogP contribution is -2.44. The summed E-state index contributed by atoms with van der Waals surface area (Å²) >= 11 is 0. The number of hydrogen-bond donors (Lipinski definition) is 0. The molecule has 0 aromatic rings. The van der Waals surface area contributed by atoms with E-state index in [9.17, 15) is 0 Å². The third-order valence-corrected chi connectivity index (χ3v) is 3.84. The van der Waals surface area contributed by atoms with Crippen LogP contribution in [0.15, 0.2) is 0 Å². The minimum Gasteiger partial charge on any atom is -0.335 e.